The number of nitrogens with zero attached hydrogens (tertiary/aromatic N) is 2. The van der Waals surface area contributed by atoms with Crippen molar-refractivity contribution in [2.24, 2.45) is 11.7 Å². The predicted molar refractivity (Wildman–Crippen MR) is 83.3 cm³/mol. The third-order valence-corrected chi connectivity index (χ3v) is 3.59. The molecule has 1 heterocycles. The van der Waals surface area contributed by atoms with Crippen molar-refractivity contribution in [2.75, 3.05) is 6.61 Å². The van der Waals surface area contributed by atoms with Gasteiger partial charge in [0.2, 0.25) is 11.8 Å². The number of aromatic nitrogens is 2. The zero-order chi connectivity index (χ0) is 14.8. The Morgan fingerprint density at radius 3 is 2.62 bits per heavy atom. The molecule has 0 saturated heterocycles. The van der Waals surface area contributed by atoms with E-state index in [1.54, 1.807) is 0 Å². The molecule has 1 aromatic heterocycles. The first-order valence-corrected chi connectivity index (χ1v) is 6.74. The Labute approximate surface area is 131 Å². The summed E-state index contributed by atoms with van der Waals surface area (Å²) >= 11 is 0. The van der Waals surface area contributed by atoms with Crippen LogP contribution in [0, 0.1) is 12.8 Å². The van der Waals surface area contributed by atoms with Crippen molar-refractivity contribution in [1.82, 2.24) is 10.2 Å². The monoisotopic (exact) mass is 311 g/mol. The standard InChI is InChI=1S/C15H21N3O2.ClH/c1-10(2)15(16,9-19)14-18-17-13(20-14)8-12-6-4-5-11(3)7-12;/h4-7,10,19H,8-9,16H2,1-3H3;1H. The molecule has 1 aromatic carbocycles. The quantitative estimate of drug-likeness (QED) is 0.884. The van der Waals surface area contributed by atoms with Crippen LogP contribution >= 0.6 is 12.4 Å². The number of nitrogens with two attached hydrogens (primary N) is 1. The maximum absolute atomic E-state index is 9.49. The number of aliphatic hydroxyl groups is 1. The van der Waals surface area contributed by atoms with Crippen LogP contribution in [0.2, 0.25) is 0 Å². The van der Waals surface area contributed by atoms with Gasteiger partial charge in [0.05, 0.1) is 13.0 Å². The van der Waals surface area contributed by atoms with Crippen LogP contribution in [-0.2, 0) is 12.0 Å². The molecule has 6 heteroatoms. The fourth-order valence-corrected chi connectivity index (χ4v) is 2.01. The predicted octanol–water partition coefficient (Wildman–Crippen LogP) is 2.19. The SMILES string of the molecule is Cc1cccc(Cc2nnc(C(N)(CO)C(C)C)o2)c1.Cl. The molecule has 0 aliphatic heterocycles. The van der Waals surface area contributed by atoms with Crippen LogP contribution in [0.5, 0.6) is 0 Å². The molecule has 21 heavy (non-hydrogen) atoms. The first-order valence-electron chi connectivity index (χ1n) is 6.74. The van der Waals surface area contributed by atoms with Crippen LogP contribution in [0.25, 0.3) is 0 Å². The molecular weight excluding hydrogens is 290 g/mol. The van der Waals surface area contributed by atoms with Crippen molar-refractivity contribution in [3.05, 3.63) is 47.2 Å². The summed E-state index contributed by atoms with van der Waals surface area (Å²) < 4.78 is 5.64. The summed E-state index contributed by atoms with van der Waals surface area (Å²) in [5, 5.41) is 17.5. The Balaban J connectivity index is 0.00000220. The van der Waals surface area contributed by atoms with Crippen molar-refractivity contribution in [1.29, 1.82) is 0 Å². The molecule has 0 radical (unpaired) electrons. The van der Waals surface area contributed by atoms with Gasteiger partial charge in [-0.3, -0.25) is 0 Å². The summed E-state index contributed by atoms with van der Waals surface area (Å²) in [6.45, 7) is 5.65. The van der Waals surface area contributed by atoms with Gasteiger partial charge in [-0.05, 0) is 18.4 Å². The number of rotatable bonds is 5. The van der Waals surface area contributed by atoms with E-state index in [0.29, 0.717) is 12.3 Å². The van der Waals surface area contributed by atoms with Crippen molar-refractivity contribution >= 4 is 12.4 Å². The lowest BCUT2D eigenvalue weighted by Crippen LogP contribution is -2.45. The minimum absolute atomic E-state index is 0. The van der Waals surface area contributed by atoms with E-state index >= 15 is 0 Å². The second-order valence-corrected chi connectivity index (χ2v) is 5.52. The Hall–Kier alpha value is -1.43. The maximum Gasteiger partial charge on any atom is 0.238 e. The highest BCUT2D eigenvalue weighted by Crippen LogP contribution is 2.25. The van der Waals surface area contributed by atoms with E-state index in [9.17, 15) is 5.11 Å². The van der Waals surface area contributed by atoms with Gasteiger partial charge >= 0.3 is 0 Å². The molecule has 2 aromatic rings. The van der Waals surface area contributed by atoms with Crippen LogP contribution in [0.3, 0.4) is 0 Å². The Morgan fingerprint density at radius 2 is 2.05 bits per heavy atom. The molecule has 3 N–H and O–H groups in total. The minimum Gasteiger partial charge on any atom is -0.423 e. The van der Waals surface area contributed by atoms with Gasteiger partial charge in [0.15, 0.2) is 0 Å². The summed E-state index contributed by atoms with van der Waals surface area (Å²) in [5.41, 5.74) is 7.45. The average Bonchev–Trinajstić information content (AvgIpc) is 2.86. The van der Waals surface area contributed by atoms with Crippen molar-refractivity contribution in [3.8, 4) is 0 Å². The van der Waals surface area contributed by atoms with Crippen molar-refractivity contribution < 1.29 is 9.52 Å². The molecule has 2 rings (SSSR count). The lowest BCUT2D eigenvalue weighted by atomic mass is 9.88. The Morgan fingerprint density at radius 1 is 1.33 bits per heavy atom. The molecule has 116 valence electrons. The van der Waals surface area contributed by atoms with Gasteiger partial charge < -0.3 is 15.3 Å². The molecular formula is C15H22ClN3O2. The zero-order valence-corrected chi connectivity index (χ0v) is 13.4. The maximum atomic E-state index is 9.49. The first-order chi connectivity index (χ1) is 9.45. The second-order valence-electron chi connectivity index (χ2n) is 5.52. The summed E-state index contributed by atoms with van der Waals surface area (Å²) in [5.74, 6) is 0.798. The van der Waals surface area contributed by atoms with E-state index in [-0.39, 0.29) is 30.8 Å². The number of benzene rings is 1. The molecule has 0 bridgehead atoms. The number of aryl methyl sites for hydroxylation is 1. The molecule has 0 spiro atoms. The van der Waals surface area contributed by atoms with Crippen LogP contribution in [0.4, 0.5) is 0 Å². The van der Waals surface area contributed by atoms with Crippen LogP contribution in [0.15, 0.2) is 28.7 Å². The Bertz CT molecular complexity index is 586. The second kappa shape index (κ2) is 7.02. The molecule has 1 atom stereocenters. The minimum atomic E-state index is -0.988. The number of halogens is 1. The van der Waals surface area contributed by atoms with E-state index < -0.39 is 5.54 Å². The number of aliphatic hydroxyl groups excluding tert-OH is 1. The fraction of sp³-hybridized carbons (Fsp3) is 0.467. The summed E-state index contributed by atoms with van der Waals surface area (Å²) in [4.78, 5) is 0. The average molecular weight is 312 g/mol. The van der Waals surface area contributed by atoms with Gasteiger partial charge in [-0.2, -0.15) is 0 Å². The van der Waals surface area contributed by atoms with E-state index in [0.717, 1.165) is 5.56 Å². The molecule has 0 fully saturated rings. The molecule has 0 amide bonds. The molecule has 0 saturated carbocycles. The summed E-state index contributed by atoms with van der Waals surface area (Å²) in [6, 6.07) is 8.13. The van der Waals surface area contributed by atoms with Gasteiger partial charge in [0.1, 0.15) is 5.54 Å². The molecule has 0 aliphatic rings. The Kier molecular flexibility index (Phi) is 5.89. The van der Waals surface area contributed by atoms with Gasteiger partial charge in [-0.1, -0.05) is 43.7 Å². The lowest BCUT2D eigenvalue weighted by molar-refractivity contribution is 0.126. The van der Waals surface area contributed by atoms with Gasteiger partial charge in [0, 0.05) is 0 Å². The highest BCUT2D eigenvalue weighted by molar-refractivity contribution is 5.85. The van der Waals surface area contributed by atoms with Gasteiger partial charge in [-0.25, -0.2) is 0 Å². The van der Waals surface area contributed by atoms with Crippen molar-refractivity contribution in [3.63, 3.8) is 0 Å². The largest absolute Gasteiger partial charge is 0.423 e. The highest BCUT2D eigenvalue weighted by atomic mass is 35.5. The highest BCUT2D eigenvalue weighted by Gasteiger charge is 2.36. The summed E-state index contributed by atoms with van der Waals surface area (Å²) in [7, 11) is 0. The number of hydrogen-bond acceptors (Lipinski definition) is 5. The topological polar surface area (TPSA) is 85.2 Å². The molecule has 5 nitrogen and oxygen atoms in total. The van der Waals surface area contributed by atoms with Gasteiger partial charge in [0.25, 0.3) is 0 Å². The zero-order valence-electron chi connectivity index (χ0n) is 12.5. The first kappa shape index (κ1) is 17.6. The van der Waals surface area contributed by atoms with Crippen molar-refractivity contribution in [2.45, 2.75) is 32.7 Å². The van der Waals surface area contributed by atoms with E-state index in [2.05, 4.69) is 16.3 Å². The third kappa shape index (κ3) is 3.81. The number of hydrogen-bond donors (Lipinski definition) is 2. The molecule has 1 unspecified atom stereocenters. The van der Waals surface area contributed by atoms with Crippen LogP contribution in [0.1, 0.15) is 36.8 Å². The van der Waals surface area contributed by atoms with Crippen LogP contribution < -0.4 is 5.73 Å². The third-order valence-electron chi connectivity index (χ3n) is 3.59. The summed E-state index contributed by atoms with van der Waals surface area (Å²) in [6.07, 6.45) is 0.564. The van der Waals surface area contributed by atoms with Gasteiger partial charge in [-0.15, -0.1) is 22.6 Å². The lowest BCUT2D eigenvalue weighted by Gasteiger charge is -2.27. The van der Waals surface area contributed by atoms with Crippen LogP contribution in [-0.4, -0.2) is 21.9 Å². The molecule has 0 aliphatic carbocycles. The fourth-order valence-electron chi connectivity index (χ4n) is 2.01. The van der Waals surface area contributed by atoms with E-state index in [1.165, 1.54) is 5.56 Å². The normalized spacial score (nSPS) is 13.8. The van der Waals surface area contributed by atoms with E-state index in [1.807, 2.05) is 39.0 Å². The smallest absolute Gasteiger partial charge is 0.238 e. The van der Waals surface area contributed by atoms with E-state index in [4.69, 9.17) is 10.2 Å².